The molecule has 2 aromatic rings. The van der Waals surface area contributed by atoms with Crippen LogP contribution in [-0.4, -0.2) is 78.2 Å². The summed E-state index contributed by atoms with van der Waals surface area (Å²) < 4.78 is 29.2. The van der Waals surface area contributed by atoms with E-state index in [2.05, 4.69) is 4.74 Å². The number of carbonyl (C=O) groups is 4. The molecular formula is C22H19F2N3O5. The van der Waals surface area contributed by atoms with Gasteiger partial charge in [0, 0.05) is 44.4 Å². The molecule has 2 aliphatic heterocycles. The normalized spacial score (nSPS) is 15.9. The highest BCUT2D eigenvalue weighted by atomic mass is 19.3. The number of amides is 4. The lowest BCUT2D eigenvalue weighted by molar-refractivity contribution is -0.0499. The molecule has 0 aromatic heterocycles. The highest BCUT2D eigenvalue weighted by molar-refractivity contribution is 6.21. The number of benzene rings is 2. The molecule has 0 bridgehead atoms. The van der Waals surface area contributed by atoms with Gasteiger partial charge >= 0.3 is 6.61 Å². The SMILES string of the molecule is CN1C(=O)c2ccc(C(=O)N3CCN(C(=O)c4cccc(OC(F)F)c4)CC3)cc2C1=O. The Hall–Kier alpha value is -3.82. The highest BCUT2D eigenvalue weighted by Crippen LogP contribution is 2.24. The van der Waals surface area contributed by atoms with Crippen molar-refractivity contribution in [2.45, 2.75) is 6.61 Å². The van der Waals surface area contributed by atoms with Gasteiger partial charge in [0.25, 0.3) is 23.6 Å². The first kappa shape index (κ1) is 21.4. The molecule has 8 nitrogen and oxygen atoms in total. The Balaban J connectivity index is 1.41. The Kier molecular flexibility index (Phi) is 5.60. The molecule has 166 valence electrons. The van der Waals surface area contributed by atoms with Crippen LogP contribution in [0.3, 0.4) is 0 Å². The Morgan fingerprint density at radius 3 is 2.00 bits per heavy atom. The van der Waals surface area contributed by atoms with Crippen molar-refractivity contribution in [1.29, 1.82) is 0 Å². The van der Waals surface area contributed by atoms with Gasteiger partial charge in [-0.3, -0.25) is 24.1 Å². The van der Waals surface area contributed by atoms with Crippen LogP contribution in [0.5, 0.6) is 5.75 Å². The van der Waals surface area contributed by atoms with Crippen molar-refractivity contribution in [3.63, 3.8) is 0 Å². The van der Waals surface area contributed by atoms with E-state index in [1.807, 2.05) is 0 Å². The zero-order valence-electron chi connectivity index (χ0n) is 17.1. The molecule has 2 aliphatic rings. The van der Waals surface area contributed by atoms with Crippen LogP contribution in [-0.2, 0) is 0 Å². The van der Waals surface area contributed by atoms with Gasteiger partial charge in [0.05, 0.1) is 11.1 Å². The average molecular weight is 443 g/mol. The second kappa shape index (κ2) is 8.37. The molecule has 2 aromatic carbocycles. The van der Waals surface area contributed by atoms with Crippen molar-refractivity contribution in [3.05, 3.63) is 64.7 Å². The van der Waals surface area contributed by atoms with Crippen LogP contribution in [0.15, 0.2) is 42.5 Å². The van der Waals surface area contributed by atoms with E-state index in [-0.39, 0.29) is 66.0 Å². The van der Waals surface area contributed by atoms with Crippen molar-refractivity contribution >= 4 is 23.6 Å². The van der Waals surface area contributed by atoms with Gasteiger partial charge in [0.1, 0.15) is 5.75 Å². The predicted molar refractivity (Wildman–Crippen MR) is 108 cm³/mol. The fourth-order valence-electron chi connectivity index (χ4n) is 3.78. The molecule has 0 aliphatic carbocycles. The minimum Gasteiger partial charge on any atom is -0.435 e. The van der Waals surface area contributed by atoms with E-state index in [1.165, 1.54) is 54.4 Å². The van der Waals surface area contributed by atoms with Gasteiger partial charge in [-0.05, 0) is 36.4 Å². The maximum Gasteiger partial charge on any atom is 0.387 e. The smallest absolute Gasteiger partial charge is 0.387 e. The number of halogens is 2. The van der Waals surface area contributed by atoms with E-state index in [0.717, 1.165) is 4.90 Å². The van der Waals surface area contributed by atoms with Crippen LogP contribution in [0.25, 0.3) is 0 Å². The second-order valence-electron chi connectivity index (χ2n) is 7.42. The zero-order valence-corrected chi connectivity index (χ0v) is 17.1. The number of rotatable bonds is 4. The molecule has 1 saturated heterocycles. The summed E-state index contributed by atoms with van der Waals surface area (Å²) in [4.78, 5) is 53.9. The molecule has 0 radical (unpaired) electrons. The van der Waals surface area contributed by atoms with E-state index in [9.17, 15) is 28.0 Å². The summed E-state index contributed by atoms with van der Waals surface area (Å²) in [5, 5.41) is 0. The molecule has 0 N–H and O–H groups in total. The molecule has 2 heterocycles. The quantitative estimate of drug-likeness (QED) is 0.676. The van der Waals surface area contributed by atoms with Gasteiger partial charge in [0.15, 0.2) is 0 Å². The van der Waals surface area contributed by atoms with Crippen molar-refractivity contribution in [1.82, 2.24) is 14.7 Å². The molecule has 0 unspecified atom stereocenters. The maximum absolute atomic E-state index is 12.9. The van der Waals surface area contributed by atoms with Gasteiger partial charge < -0.3 is 14.5 Å². The lowest BCUT2D eigenvalue weighted by Gasteiger charge is -2.35. The summed E-state index contributed by atoms with van der Waals surface area (Å²) in [6.45, 7) is -1.93. The van der Waals surface area contributed by atoms with Crippen molar-refractivity contribution < 1.29 is 32.7 Å². The number of imide groups is 1. The molecule has 0 spiro atoms. The van der Waals surface area contributed by atoms with Gasteiger partial charge in [-0.2, -0.15) is 8.78 Å². The third kappa shape index (κ3) is 3.91. The number of hydrogen-bond acceptors (Lipinski definition) is 5. The predicted octanol–water partition coefficient (Wildman–Crippen LogP) is 2.11. The molecule has 32 heavy (non-hydrogen) atoms. The van der Waals surface area contributed by atoms with Crippen molar-refractivity contribution in [2.24, 2.45) is 0 Å². The third-order valence-electron chi connectivity index (χ3n) is 5.50. The summed E-state index contributed by atoms with van der Waals surface area (Å²) in [6.07, 6.45) is 0. The van der Waals surface area contributed by atoms with Crippen LogP contribution in [0, 0.1) is 0 Å². The number of hydrogen-bond donors (Lipinski definition) is 0. The lowest BCUT2D eigenvalue weighted by Crippen LogP contribution is -2.50. The minimum absolute atomic E-state index is 0.102. The monoisotopic (exact) mass is 443 g/mol. The van der Waals surface area contributed by atoms with Gasteiger partial charge in [0.2, 0.25) is 0 Å². The van der Waals surface area contributed by atoms with E-state index in [0.29, 0.717) is 0 Å². The van der Waals surface area contributed by atoms with Crippen LogP contribution < -0.4 is 4.74 Å². The average Bonchev–Trinajstić information content (AvgIpc) is 3.01. The first-order chi connectivity index (χ1) is 15.3. The highest BCUT2D eigenvalue weighted by Gasteiger charge is 2.34. The second-order valence-corrected chi connectivity index (χ2v) is 7.42. The Morgan fingerprint density at radius 1 is 0.844 bits per heavy atom. The first-order valence-corrected chi connectivity index (χ1v) is 9.86. The number of ether oxygens (including phenoxy) is 1. The fraction of sp³-hybridized carbons (Fsp3) is 0.273. The number of fused-ring (bicyclic) bond motifs is 1. The standard InChI is InChI=1S/C22H19F2N3O5/c1-25-20(30)16-6-5-14(12-17(16)21(25)31)19(29)27-9-7-26(8-10-27)18(28)13-3-2-4-15(11-13)32-22(23)24/h2-6,11-12,22H,7-10H2,1H3. The topological polar surface area (TPSA) is 87.2 Å². The van der Waals surface area contributed by atoms with Crippen molar-refractivity contribution in [2.75, 3.05) is 33.2 Å². The number of piperazine rings is 1. The van der Waals surface area contributed by atoms with Crippen LogP contribution in [0.4, 0.5) is 8.78 Å². The summed E-state index contributed by atoms with van der Waals surface area (Å²) in [5.74, 6) is -1.61. The molecule has 0 atom stereocenters. The zero-order chi connectivity index (χ0) is 23.0. The fourth-order valence-corrected chi connectivity index (χ4v) is 3.78. The Morgan fingerprint density at radius 2 is 1.41 bits per heavy atom. The van der Waals surface area contributed by atoms with Crippen LogP contribution >= 0.6 is 0 Å². The van der Waals surface area contributed by atoms with Crippen LogP contribution in [0.2, 0.25) is 0 Å². The van der Waals surface area contributed by atoms with Gasteiger partial charge in [-0.1, -0.05) is 6.07 Å². The summed E-state index contributed by atoms with van der Waals surface area (Å²) in [5.41, 5.74) is 0.969. The van der Waals surface area contributed by atoms with Gasteiger partial charge in [-0.15, -0.1) is 0 Å². The third-order valence-corrected chi connectivity index (χ3v) is 5.50. The molecule has 10 heteroatoms. The molecule has 4 amide bonds. The van der Waals surface area contributed by atoms with E-state index < -0.39 is 18.4 Å². The Labute approximate surface area is 181 Å². The van der Waals surface area contributed by atoms with Crippen molar-refractivity contribution in [3.8, 4) is 5.75 Å². The Bertz CT molecular complexity index is 1110. The molecule has 0 saturated carbocycles. The largest absolute Gasteiger partial charge is 0.435 e. The molecular weight excluding hydrogens is 424 g/mol. The van der Waals surface area contributed by atoms with Gasteiger partial charge in [-0.25, -0.2) is 0 Å². The molecule has 4 rings (SSSR count). The van der Waals surface area contributed by atoms with E-state index in [1.54, 1.807) is 4.90 Å². The maximum atomic E-state index is 12.9. The number of alkyl halides is 2. The molecule has 1 fully saturated rings. The lowest BCUT2D eigenvalue weighted by atomic mass is 10.0. The summed E-state index contributed by atoms with van der Waals surface area (Å²) in [7, 11) is 1.39. The summed E-state index contributed by atoms with van der Waals surface area (Å²) >= 11 is 0. The van der Waals surface area contributed by atoms with Crippen LogP contribution in [0.1, 0.15) is 41.4 Å². The minimum atomic E-state index is -2.98. The number of carbonyl (C=O) groups excluding carboxylic acids is 4. The van der Waals surface area contributed by atoms with E-state index >= 15 is 0 Å². The first-order valence-electron chi connectivity index (χ1n) is 9.86. The number of nitrogens with zero attached hydrogens (tertiary/aromatic N) is 3. The van der Waals surface area contributed by atoms with E-state index in [4.69, 9.17) is 0 Å². The summed E-state index contributed by atoms with van der Waals surface area (Å²) in [6, 6.07) is 9.98.